The van der Waals surface area contributed by atoms with Crippen molar-refractivity contribution in [1.82, 2.24) is 4.72 Å². The number of carbonyl (C=O) groups is 1. The Labute approximate surface area is 164 Å². The highest BCUT2D eigenvalue weighted by Crippen LogP contribution is 2.21. The van der Waals surface area contributed by atoms with Crippen LogP contribution in [0.25, 0.3) is 0 Å². The van der Waals surface area contributed by atoms with Crippen LogP contribution in [0.1, 0.15) is 30.0 Å². The zero-order chi connectivity index (χ0) is 20.1. The summed E-state index contributed by atoms with van der Waals surface area (Å²) in [6, 6.07) is 18.5. The van der Waals surface area contributed by atoms with Crippen LogP contribution in [0.3, 0.4) is 0 Å². The average Bonchev–Trinajstić information content (AvgIpc) is 3.19. The van der Waals surface area contributed by atoms with Crippen molar-refractivity contribution in [3.8, 4) is 0 Å². The molecule has 0 bridgehead atoms. The lowest BCUT2D eigenvalue weighted by molar-refractivity contribution is 0.0983. The predicted octanol–water partition coefficient (Wildman–Crippen LogP) is 3.81. The molecule has 0 saturated heterocycles. The van der Waals surface area contributed by atoms with Crippen LogP contribution in [0, 0.1) is 0 Å². The number of nitrogens with zero attached hydrogens (tertiary/aromatic N) is 1. The van der Waals surface area contributed by atoms with Crippen molar-refractivity contribution in [1.29, 1.82) is 0 Å². The van der Waals surface area contributed by atoms with Crippen LogP contribution in [-0.2, 0) is 16.6 Å². The van der Waals surface area contributed by atoms with E-state index in [1.807, 2.05) is 30.3 Å². The second-order valence-electron chi connectivity index (χ2n) is 6.61. The number of anilines is 1. The van der Waals surface area contributed by atoms with Gasteiger partial charge >= 0.3 is 0 Å². The smallest absolute Gasteiger partial charge is 0.258 e. The van der Waals surface area contributed by atoms with E-state index in [-0.39, 0.29) is 23.4 Å². The lowest BCUT2D eigenvalue weighted by atomic mass is 10.1. The van der Waals surface area contributed by atoms with Gasteiger partial charge in [0.05, 0.1) is 17.7 Å². The summed E-state index contributed by atoms with van der Waals surface area (Å²) in [6.45, 7) is 3.77. The molecule has 6 nitrogen and oxygen atoms in total. The van der Waals surface area contributed by atoms with Gasteiger partial charge in [-0.2, -0.15) is 0 Å². The third-order valence-corrected chi connectivity index (χ3v) is 5.68. The summed E-state index contributed by atoms with van der Waals surface area (Å²) in [5.41, 5.74) is 1.11. The minimum atomic E-state index is -3.61. The highest BCUT2D eigenvalue weighted by atomic mass is 32.2. The Hall–Kier alpha value is -2.90. The molecule has 28 heavy (non-hydrogen) atoms. The number of sulfonamides is 1. The van der Waals surface area contributed by atoms with Crippen LogP contribution in [0.4, 0.5) is 5.69 Å². The number of benzene rings is 2. The highest BCUT2D eigenvalue weighted by molar-refractivity contribution is 7.89. The molecule has 0 unspecified atom stereocenters. The molecule has 1 heterocycles. The molecular weight excluding hydrogens is 376 g/mol. The Morgan fingerprint density at radius 3 is 2.25 bits per heavy atom. The summed E-state index contributed by atoms with van der Waals surface area (Å²) in [6.07, 6.45) is 1.56. The molecule has 3 aromatic rings. The molecule has 3 rings (SSSR count). The summed E-state index contributed by atoms with van der Waals surface area (Å²) in [5.74, 6) is 0.404. The fraction of sp³-hybridized carbons (Fsp3) is 0.190. The van der Waals surface area contributed by atoms with Gasteiger partial charge in [-0.05, 0) is 62.4 Å². The van der Waals surface area contributed by atoms with Gasteiger partial charge < -0.3 is 9.32 Å². The largest absolute Gasteiger partial charge is 0.467 e. The first-order valence-electron chi connectivity index (χ1n) is 8.88. The van der Waals surface area contributed by atoms with E-state index in [9.17, 15) is 13.2 Å². The van der Waals surface area contributed by atoms with Gasteiger partial charge in [0.1, 0.15) is 5.76 Å². The predicted molar refractivity (Wildman–Crippen MR) is 108 cm³/mol. The van der Waals surface area contributed by atoms with Crippen molar-refractivity contribution in [2.75, 3.05) is 4.90 Å². The van der Waals surface area contributed by atoms with Crippen molar-refractivity contribution in [3.05, 3.63) is 84.3 Å². The number of para-hydroxylation sites is 1. The standard InChI is InChI=1S/C21H22N2O4S/c1-16(2)22-28(25,26)20-12-10-17(11-13-20)21(24)23(15-19-9-6-14-27-19)18-7-4-3-5-8-18/h3-14,16,22H,15H2,1-2H3. The lowest BCUT2D eigenvalue weighted by Gasteiger charge is -2.22. The minimum Gasteiger partial charge on any atom is -0.467 e. The summed E-state index contributed by atoms with van der Waals surface area (Å²) in [7, 11) is -3.61. The third-order valence-electron chi connectivity index (χ3n) is 4.01. The third kappa shape index (κ3) is 4.68. The van der Waals surface area contributed by atoms with Gasteiger partial charge in [-0.1, -0.05) is 18.2 Å². The molecule has 0 fully saturated rings. The first kappa shape index (κ1) is 19.9. The summed E-state index contributed by atoms with van der Waals surface area (Å²) < 4.78 is 32.5. The summed E-state index contributed by atoms with van der Waals surface area (Å²) in [5, 5.41) is 0. The molecule has 0 aliphatic carbocycles. The molecule has 1 amide bonds. The van der Waals surface area contributed by atoms with Crippen molar-refractivity contribution >= 4 is 21.6 Å². The van der Waals surface area contributed by atoms with E-state index in [1.54, 1.807) is 37.1 Å². The Kier molecular flexibility index (Phi) is 5.96. The zero-order valence-corrected chi connectivity index (χ0v) is 16.5. The number of furan rings is 1. The maximum absolute atomic E-state index is 13.1. The van der Waals surface area contributed by atoms with E-state index in [4.69, 9.17) is 4.42 Å². The first-order chi connectivity index (χ1) is 13.4. The van der Waals surface area contributed by atoms with Gasteiger partial charge in [-0.3, -0.25) is 4.79 Å². The monoisotopic (exact) mass is 398 g/mol. The van der Waals surface area contributed by atoms with Crippen LogP contribution in [0.2, 0.25) is 0 Å². The minimum absolute atomic E-state index is 0.120. The van der Waals surface area contributed by atoms with Crippen molar-refractivity contribution in [2.45, 2.75) is 31.3 Å². The van der Waals surface area contributed by atoms with E-state index >= 15 is 0 Å². The summed E-state index contributed by atoms with van der Waals surface area (Å²) >= 11 is 0. The molecule has 0 spiro atoms. The van der Waals surface area contributed by atoms with E-state index in [0.717, 1.165) is 5.69 Å². The average molecular weight is 398 g/mol. The van der Waals surface area contributed by atoms with E-state index in [1.165, 1.54) is 24.3 Å². The van der Waals surface area contributed by atoms with Gasteiger partial charge in [0.2, 0.25) is 10.0 Å². The first-order valence-corrected chi connectivity index (χ1v) is 10.4. The molecular formula is C21H22N2O4S. The number of carbonyl (C=O) groups excluding carboxylic acids is 1. The Morgan fingerprint density at radius 2 is 1.68 bits per heavy atom. The Bertz CT molecular complexity index is 1010. The van der Waals surface area contributed by atoms with Crippen LogP contribution in [-0.4, -0.2) is 20.4 Å². The van der Waals surface area contributed by atoms with Crippen LogP contribution >= 0.6 is 0 Å². The van der Waals surface area contributed by atoms with Crippen molar-refractivity contribution in [3.63, 3.8) is 0 Å². The van der Waals surface area contributed by atoms with Crippen LogP contribution in [0.5, 0.6) is 0 Å². The van der Waals surface area contributed by atoms with Crippen LogP contribution in [0.15, 0.2) is 82.3 Å². The number of hydrogen-bond acceptors (Lipinski definition) is 4. The normalized spacial score (nSPS) is 11.5. The van der Waals surface area contributed by atoms with Crippen LogP contribution < -0.4 is 9.62 Å². The lowest BCUT2D eigenvalue weighted by Crippen LogP contribution is -2.31. The van der Waals surface area contributed by atoms with Gasteiger partial charge in [-0.15, -0.1) is 0 Å². The fourth-order valence-corrected chi connectivity index (χ4v) is 4.01. The van der Waals surface area contributed by atoms with Gasteiger partial charge in [0, 0.05) is 17.3 Å². The molecule has 146 valence electrons. The molecule has 0 aliphatic heterocycles. The van der Waals surface area contributed by atoms with E-state index in [0.29, 0.717) is 11.3 Å². The maximum atomic E-state index is 13.1. The van der Waals surface area contributed by atoms with E-state index in [2.05, 4.69) is 4.72 Å². The van der Waals surface area contributed by atoms with Crippen molar-refractivity contribution in [2.24, 2.45) is 0 Å². The zero-order valence-electron chi connectivity index (χ0n) is 15.7. The number of rotatable bonds is 7. The SMILES string of the molecule is CC(C)NS(=O)(=O)c1ccc(C(=O)N(Cc2ccco2)c2ccccc2)cc1. The quantitative estimate of drug-likeness (QED) is 0.656. The Morgan fingerprint density at radius 1 is 1.00 bits per heavy atom. The number of amides is 1. The van der Waals surface area contributed by atoms with Crippen molar-refractivity contribution < 1.29 is 17.6 Å². The van der Waals surface area contributed by atoms with Gasteiger partial charge in [0.15, 0.2) is 0 Å². The number of hydrogen-bond donors (Lipinski definition) is 1. The molecule has 0 aliphatic rings. The molecule has 1 aromatic heterocycles. The molecule has 7 heteroatoms. The second kappa shape index (κ2) is 8.41. The molecule has 2 aromatic carbocycles. The maximum Gasteiger partial charge on any atom is 0.258 e. The molecule has 0 saturated carbocycles. The molecule has 1 N–H and O–H groups in total. The van der Waals surface area contributed by atoms with Gasteiger partial charge in [0.25, 0.3) is 5.91 Å². The summed E-state index contributed by atoms with van der Waals surface area (Å²) in [4.78, 5) is 14.8. The molecule has 0 atom stereocenters. The Balaban J connectivity index is 1.88. The highest BCUT2D eigenvalue weighted by Gasteiger charge is 2.21. The second-order valence-corrected chi connectivity index (χ2v) is 8.32. The fourth-order valence-electron chi connectivity index (χ4n) is 2.76. The number of nitrogens with one attached hydrogen (secondary N) is 1. The van der Waals surface area contributed by atoms with E-state index < -0.39 is 10.0 Å². The van der Waals surface area contributed by atoms with Gasteiger partial charge in [-0.25, -0.2) is 13.1 Å². The molecule has 0 radical (unpaired) electrons. The topological polar surface area (TPSA) is 79.6 Å².